The van der Waals surface area contributed by atoms with Gasteiger partial charge in [0.05, 0.1) is 11.3 Å². The predicted molar refractivity (Wildman–Crippen MR) is 85.4 cm³/mol. The number of hydrogen-bond donors (Lipinski definition) is 2. The lowest BCUT2D eigenvalue weighted by Crippen LogP contribution is -2.13. The highest BCUT2D eigenvalue weighted by Gasteiger charge is 2.14. The molecule has 0 radical (unpaired) electrons. The molecule has 1 aliphatic rings. The van der Waals surface area contributed by atoms with Gasteiger partial charge in [0.15, 0.2) is 0 Å². The maximum Gasteiger partial charge on any atom is 0.255 e. The number of fused-ring (bicyclic) bond motifs is 1. The zero-order chi connectivity index (χ0) is 14.8. The first kappa shape index (κ1) is 13.7. The Morgan fingerprint density at radius 2 is 2.14 bits per heavy atom. The van der Waals surface area contributed by atoms with E-state index in [0.717, 1.165) is 23.1 Å². The van der Waals surface area contributed by atoms with Crippen LogP contribution in [0.1, 0.15) is 21.5 Å². The third-order valence-electron chi connectivity index (χ3n) is 3.43. The number of carbonyl (C=O) groups excluding carboxylic acids is 1. The largest absolute Gasteiger partial charge is 0.384 e. The Morgan fingerprint density at radius 1 is 1.29 bits per heavy atom. The van der Waals surface area contributed by atoms with Gasteiger partial charge in [-0.05, 0) is 42.3 Å². The summed E-state index contributed by atoms with van der Waals surface area (Å²) < 4.78 is 0.804. The molecule has 0 fully saturated rings. The first-order valence-corrected chi connectivity index (χ1v) is 7.34. The minimum atomic E-state index is -0.217. The quantitative estimate of drug-likeness (QED) is 0.877. The van der Waals surface area contributed by atoms with E-state index in [1.54, 1.807) is 18.2 Å². The van der Waals surface area contributed by atoms with Crippen molar-refractivity contribution < 1.29 is 4.79 Å². The van der Waals surface area contributed by atoms with Crippen LogP contribution in [0.3, 0.4) is 0 Å². The molecule has 1 aliphatic heterocycles. The number of halogens is 1. The molecule has 4 nitrogen and oxygen atoms in total. The van der Waals surface area contributed by atoms with Crippen LogP contribution >= 0.6 is 15.9 Å². The molecule has 0 saturated heterocycles. The molecule has 2 aromatic carbocycles. The van der Waals surface area contributed by atoms with Gasteiger partial charge in [-0.3, -0.25) is 4.79 Å². The van der Waals surface area contributed by atoms with E-state index >= 15 is 0 Å². The summed E-state index contributed by atoms with van der Waals surface area (Å²) in [5, 5.41) is 15.2. The van der Waals surface area contributed by atoms with Gasteiger partial charge in [-0.1, -0.05) is 22.0 Å². The third kappa shape index (κ3) is 2.76. The molecule has 21 heavy (non-hydrogen) atoms. The molecule has 1 amide bonds. The number of anilines is 2. The van der Waals surface area contributed by atoms with E-state index in [2.05, 4.69) is 32.6 Å². The summed E-state index contributed by atoms with van der Waals surface area (Å²) in [6, 6.07) is 12.9. The molecule has 2 N–H and O–H groups in total. The average Bonchev–Trinajstić information content (AvgIpc) is 2.96. The van der Waals surface area contributed by atoms with Gasteiger partial charge in [-0.15, -0.1) is 0 Å². The molecule has 2 aromatic rings. The highest BCUT2D eigenvalue weighted by molar-refractivity contribution is 9.10. The average molecular weight is 342 g/mol. The van der Waals surface area contributed by atoms with Crippen LogP contribution in [-0.4, -0.2) is 12.5 Å². The standard InChI is InChI=1S/C16H12BrN3O/c17-13-3-4-14(12(7-13)9-18)20-16(21)11-2-1-10-5-6-19-15(10)8-11/h1-4,7-8,19H,5-6H2,(H,20,21). The zero-order valence-electron chi connectivity index (χ0n) is 11.1. The van der Waals surface area contributed by atoms with Gasteiger partial charge in [-0.2, -0.15) is 5.26 Å². The smallest absolute Gasteiger partial charge is 0.255 e. The van der Waals surface area contributed by atoms with Crippen molar-refractivity contribution in [1.82, 2.24) is 0 Å². The Hall–Kier alpha value is -2.32. The van der Waals surface area contributed by atoms with Gasteiger partial charge in [0.2, 0.25) is 0 Å². The van der Waals surface area contributed by atoms with Crippen LogP contribution in [0.4, 0.5) is 11.4 Å². The Balaban J connectivity index is 1.85. The lowest BCUT2D eigenvalue weighted by molar-refractivity contribution is 0.102. The normalized spacial score (nSPS) is 12.2. The number of nitrogens with zero attached hydrogens (tertiary/aromatic N) is 1. The molecule has 0 saturated carbocycles. The summed E-state index contributed by atoms with van der Waals surface area (Å²) in [4.78, 5) is 12.3. The molecule has 0 unspecified atom stereocenters. The van der Waals surface area contributed by atoms with E-state index in [1.807, 2.05) is 18.2 Å². The van der Waals surface area contributed by atoms with Crippen molar-refractivity contribution in [2.45, 2.75) is 6.42 Å². The van der Waals surface area contributed by atoms with Crippen molar-refractivity contribution in [2.24, 2.45) is 0 Å². The van der Waals surface area contributed by atoms with Crippen molar-refractivity contribution in [1.29, 1.82) is 5.26 Å². The second kappa shape index (κ2) is 5.58. The second-order valence-corrected chi connectivity index (χ2v) is 5.72. The minimum Gasteiger partial charge on any atom is -0.384 e. The van der Waals surface area contributed by atoms with E-state index in [9.17, 15) is 4.79 Å². The van der Waals surface area contributed by atoms with Crippen molar-refractivity contribution >= 4 is 33.2 Å². The van der Waals surface area contributed by atoms with E-state index in [4.69, 9.17) is 5.26 Å². The Bertz CT molecular complexity index is 765. The maximum atomic E-state index is 12.3. The van der Waals surface area contributed by atoms with Crippen LogP contribution in [0.2, 0.25) is 0 Å². The SMILES string of the molecule is N#Cc1cc(Br)ccc1NC(=O)c1ccc2c(c1)NCC2. The number of nitrogens with one attached hydrogen (secondary N) is 2. The maximum absolute atomic E-state index is 12.3. The van der Waals surface area contributed by atoms with Gasteiger partial charge in [0, 0.05) is 22.3 Å². The molecular formula is C16H12BrN3O. The molecule has 0 aromatic heterocycles. The predicted octanol–water partition coefficient (Wildman–Crippen LogP) is 3.54. The number of rotatable bonds is 2. The van der Waals surface area contributed by atoms with Crippen LogP contribution in [0.25, 0.3) is 0 Å². The molecule has 104 valence electrons. The molecule has 1 heterocycles. The van der Waals surface area contributed by atoms with Crippen molar-refractivity contribution in [2.75, 3.05) is 17.2 Å². The fraction of sp³-hybridized carbons (Fsp3) is 0.125. The van der Waals surface area contributed by atoms with Crippen molar-refractivity contribution in [3.05, 3.63) is 57.6 Å². The summed E-state index contributed by atoms with van der Waals surface area (Å²) in [6.45, 7) is 0.908. The van der Waals surface area contributed by atoms with Gasteiger partial charge < -0.3 is 10.6 Å². The lowest BCUT2D eigenvalue weighted by atomic mass is 10.1. The Morgan fingerprint density at radius 3 is 2.95 bits per heavy atom. The molecule has 5 heteroatoms. The van der Waals surface area contributed by atoms with E-state index in [0.29, 0.717) is 16.8 Å². The molecule has 0 spiro atoms. The molecule has 0 aliphatic carbocycles. The first-order chi connectivity index (χ1) is 10.2. The summed E-state index contributed by atoms with van der Waals surface area (Å²) in [6.07, 6.45) is 0.989. The van der Waals surface area contributed by atoms with Crippen LogP contribution in [0.15, 0.2) is 40.9 Å². The van der Waals surface area contributed by atoms with Gasteiger partial charge in [0.1, 0.15) is 6.07 Å². The number of nitriles is 1. The molecular weight excluding hydrogens is 330 g/mol. The lowest BCUT2D eigenvalue weighted by Gasteiger charge is -2.09. The highest BCUT2D eigenvalue weighted by atomic mass is 79.9. The Labute approximate surface area is 130 Å². The van der Waals surface area contributed by atoms with Crippen molar-refractivity contribution in [3.8, 4) is 6.07 Å². The van der Waals surface area contributed by atoms with Crippen molar-refractivity contribution in [3.63, 3.8) is 0 Å². The molecule has 0 bridgehead atoms. The number of carbonyl (C=O) groups is 1. The second-order valence-electron chi connectivity index (χ2n) is 4.80. The zero-order valence-corrected chi connectivity index (χ0v) is 12.7. The van der Waals surface area contributed by atoms with E-state index in [1.165, 1.54) is 5.56 Å². The molecule has 0 atom stereocenters. The first-order valence-electron chi connectivity index (χ1n) is 6.55. The summed E-state index contributed by atoms with van der Waals surface area (Å²) >= 11 is 3.31. The Kier molecular flexibility index (Phi) is 3.63. The van der Waals surface area contributed by atoms with E-state index in [-0.39, 0.29) is 5.91 Å². The summed E-state index contributed by atoms with van der Waals surface area (Å²) in [7, 11) is 0. The monoisotopic (exact) mass is 341 g/mol. The fourth-order valence-corrected chi connectivity index (χ4v) is 2.71. The number of hydrogen-bond acceptors (Lipinski definition) is 3. The van der Waals surface area contributed by atoms with Crippen LogP contribution in [0, 0.1) is 11.3 Å². The van der Waals surface area contributed by atoms with E-state index < -0.39 is 0 Å². The van der Waals surface area contributed by atoms with Gasteiger partial charge in [-0.25, -0.2) is 0 Å². The summed E-state index contributed by atoms with van der Waals surface area (Å²) in [5.41, 5.74) is 3.76. The van der Waals surface area contributed by atoms with Crippen LogP contribution in [-0.2, 0) is 6.42 Å². The van der Waals surface area contributed by atoms with Gasteiger partial charge in [0.25, 0.3) is 5.91 Å². The highest BCUT2D eigenvalue weighted by Crippen LogP contribution is 2.25. The third-order valence-corrected chi connectivity index (χ3v) is 3.93. The summed E-state index contributed by atoms with van der Waals surface area (Å²) in [5.74, 6) is -0.217. The van der Waals surface area contributed by atoms with Crippen LogP contribution < -0.4 is 10.6 Å². The fourth-order valence-electron chi connectivity index (χ4n) is 2.34. The topological polar surface area (TPSA) is 64.9 Å². The number of amides is 1. The minimum absolute atomic E-state index is 0.217. The molecule has 3 rings (SSSR count). The van der Waals surface area contributed by atoms with Gasteiger partial charge >= 0.3 is 0 Å². The van der Waals surface area contributed by atoms with Crippen LogP contribution in [0.5, 0.6) is 0 Å². The number of benzene rings is 2.